The highest BCUT2D eigenvalue weighted by molar-refractivity contribution is 8.00. The van der Waals surface area contributed by atoms with E-state index in [2.05, 4.69) is 22.5 Å². The molecule has 2 rings (SSSR count). The molecule has 4 N–H and O–H groups in total. The second-order valence-corrected chi connectivity index (χ2v) is 6.34. The number of anilines is 1. The highest BCUT2D eigenvalue weighted by Gasteiger charge is 2.20. The Morgan fingerprint density at radius 1 is 1.43 bits per heavy atom. The van der Waals surface area contributed by atoms with E-state index in [0.29, 0.717) is 12.6 Å². The molecule has 0 aliphatic carbocycles. The van der Waals surface area contributed by atoms with Gasteiger partial charge in [-0.05, 0) is 19.1 Å². The molecule has 1 aliphatic rings. The molecule has 0 unspecified atom stereocenters. The summed E-state index contributed by atoms with van der Waals surface area (Å²) in [4.78, 5) is 26.2. The van der Waals surface area contributed by atoms with Crippen molar-refractivity contribution in [2.24, 2.45) is 5.73 Å². The molecule has 1 aromatic carbocycles. The minimum Gasteiger partial charge on any atom is -0.369 e. The minimum absolute atomic E-state index is 0. The van der Waals surface area contributed by atoms with Crippen LogP contribution in [0.5, 0.6) is 0 Å². The van der Waals surface area contributed by atoms with Crippen molar-refractivity contribution in [2.45, 2.75) is 17.9 Å². The first kappa shape index (κ1) is 19.8. The molecule has 2 amide bonds. The van der Waals surface area contributed by atoms with Crippen LogP contribution in [0.4, 0.5) is 5.69 Å². The third kappa shape index (κ3) is 6.39. The lowest BCUT2D eigenvalue weighted by molar-refractivity contribution is -0.118. The number of halogens is 1. The van der Waals surface area contributed by atoms with E-state index < -0.39 is 0 Å². The van der Waals surface area contributed by atoms with E-state index in [-0.39, 0.29) is 30.0 Å². The number of nitrogens with zero attached hydrogens (tertiary/aromatic N) is 1. The largest absolute Gasteiger partial charge is 0.369 e. The number of hydrogen-bond donors (Lipinski definition) is 3. The number of nitrogens with one attached hydrogen (secondary N) is 2. The number of amides is 2. The number of primary amides is 1. The Labute approximate surface area is 147 Å². The van der Waals surface area contributed by atoms with Gasteiger partial charge in [-0.3, -0.25) is 14.5 Å². The maximum Gasteiger partial charge on any atom is 0.238 e. The SMILES string of the molecule is C[C@H]1CNCCN1CC(=O)Nc1ccccc1SCC(N)=O.Cl. The lowest BCUT2D eigenvalue weighted by Crippen LogP contribution is -2.52. The summed E-state index contributed by atoms with van der Waals surface area (Å²) in [6, 6.07) is 7.78. The van der Waals surface area contributed by atoms with Crippen LogP contribution in [0, 0.1) is 0 Å². The molecule has 0 aromatic heterocycles. The zero-order chi connectivity index (χ0) is 15.9. The Bertz CT molecular complexity index is 544. The maximum absolute atomic E-state index is 12.2. The Morgan fingerprint density at radius 2 is 2.17 bits per heavy atom. The summed E-state index contributed by atoms with van der Waals surface area (Å²) in [6.45, 7) is 5.15. The molecule has 0 radical (unpaired) electrons. The van der Waals surface area contributed by atoms with E-state index in [4.69, 9.17) is 5.73 Å². The van der Waals surface area contributed by atoms with Gasteiger partial charge >= 0.3 is 0 Å². The zero-order valence-electron chi connectivity index (χ0n) is 13.1. The normalized spacial score (nSPS) is 18.0. The van der Waals surface area contributed by atoms with Crippen LogP contribution in [0.3, 0.4) is 0 Å². The van der Waals surface area contributed by atoms with Gasteiger partial charge in [0.25, 0.3) is 0 Å². The molecule has 23 heavy (non-hydrogen) atoms. The average molecular weight is 359 g/mol. The van der Waals surface area contributed by atoms with Gasteiger partial charge in [0.1, 0.15) is 0 Å². The molecular weight excluding hydrogens is 336 g/mol. The summed E-state index contributed by atoms with van der Waals surface area (Å²) in [5.74, 6) is -0.219. The highest BCUT2D eigenvalue weighted by Crippen LogP contribution is 2.26. The minimum atomic E-state index is -0.374. The lowest BCUT2D eigenvalue weighted by atomic mass is 10.2. The maximum atomic E-state index is 12.2. The predicted octanol–water partition coefficient (Wildman–Crippen LogP) is 0.918. The van der Waals surface area contributed by atoms with E-state index >= 15 is 0 Å². The number of thioether (sulfide) groups is 1. The molecule has 1 aromatic rings. The fourth-order valence-electron chi connectivity index (χ4n) is 2.34. The summed E-state index contributed by atoms with van der Waals surface area (Å²) in [6.07, 6.45) is 0. The summed E-state index contributed by atoms with van der Waals surface area (Å²) < 4.78 is 0. The molecule has 0 spiro atoms. The number of hydrogen-bond acceptors (Lipinski definition) is 5. The van der Waals surface area contributed by atoms with Crippen molar-refractivity contribution < 1.29 is 9.59 Å². The number of carbonyl (C=O) groups excluding carboxylic acids is 2. The van der Waals surface area contributed by atoms with Gasteiger partial charge in [-0.15, -0.1) is 24.2 Å². The van der Waals surface area contributed by atoms with Crippen LogP contribution in [-0.4, -0.2) is 54.7 Å². The van der Waals surface area contributed by atoms with Crippen LogP contribution < -0.4 is 16.4 Å². The Morgan fingerprint density at radius 3 is 2.87 bits per heavy atom. The molecule has 0 saturated carbocycles. The van der Waals surface area contributed by atoms with Crippen molar-refractivity contribution >= 4 is 41.7 Å². The summed E-state index contributed by atoms with van der Waals surface area (Å²) in [5.41, 5.74) is 5.89. The molecule has 1 heterocycles. The van der Waals surface area contributed by atoms with Crippen LogP contribution >= 0.6 is 24.2 Å². The van der Waals surface area contributed by atoms with Crippen molar-refractivity contribution in [1.29, 1.82) is 0 Å². The number of carbonyl (C=O) groups is 2. The van der Waals surface area contributed by atoms with Crippen molar-refractivity contribution in [2.75, 3.05) is 37.2 Å². The van der Waals surface area contributed by atoms with Gasteiger partial charge in [0.2, 0.25) is 11.8 Å². The predicted molar refractivity (Wildman–Crippen MR) is 96.1 cm³/mol. The lowest BCUT2D eigenvalue weighted by Gasteiger charge is -2.33. The monoisotopic (exact) mass is 358 g/mol. The topological polar surface area (TPSA) is 87.5 Å². The average Bonchev–Trinajstić information content (AvgIpc) is 2.48. The van der Waals surface area contributed by atoms with Gasteiger partial charge in [-0.2, -0.15) is 0 Å². The van der Waals surface area contributed by atoms with Gasteiger partial charge in [0, 0.05) is 30.6 Å². The number of rotatable bonds is 6. The second kappa shape index (κ2) is 9.77. The molecule has 1 fully saturated rings. The molecule has 6 nitrogen and oxygen atoms in total. The fraction of sp³-hybridized carbons (Fsp3) is 0.467. The fourth-order valence-corrected chi connectivity index (χ4v) is 3.08. The van der Waals surface area contributed by atoms with Crippen LogP contribution in [-0.2, 0) is 9.59 Å². The summed E-state index contributed by atoms with van der Waals surface area (Å²) in [5, 5.41) is 6.23. The van der Waals surface area contributed by atoms with E-state index in [0.717, 1.165) is 30.2 Å². The number of nitrogens with two attached hydrogens (primary N) is 1. The molecule has 128 valence electrons. The molecule has 1 atom stereocenters. The Hall–Kier alpha value is -1.28. The molecule has 0 bridgehead atoms. The first-order valence-electron chi connectivity index (χ1n) is 7.31. The second-order valence-electron chi connectivity index (χ2n) is 5.32. The van der Waals surface area contributed by atoms with Crippen molar-refractivity contribution in [3.05, 3.63) is 24.3 Å². The Balaban J connectivity index is 0.00000264. The van der Waals surface area contributed by atoms with Crippen molar-refractivity contribution in [3.63, 3.8) is 0 Å². The summed E-state index contributed by atoms with van der Waals surface area (Å²) in [7, 11) is 0. The standard InChI is InChI=1S/C15H22N4O2S.ClH/c1-11-8-17-6-7-19(11)9-15(21)18-12-4-2-3-5-13(12)22-10-14(16)20;/h2-5,11,17H,6-10H2,1H3,(H2,16,20)(H,18,21);1H/t11-;/m0./s1. The Kier molecular flexibility index (Phi) is 8.40. The molecule has 8 heteroatoms. The van der Waals surface area contributed by atoms with Crippen LogP contribution in [0.25, 0.3) is 0 Å². The van der Waals surface area contributed by atoms with E-state index in [1.165, 1.54) is 11.8 Å². The van der Waals surface area contributed by atoms with E-state index in [1.807, 2.05) is 24.3 Å². The number of para-hydroxylation sites is 1. The van der Waals surface area contributed by atoms with Crippen molar-refractivity contribution in [1.82, 2.24) is 10.2 Å². The summed E-state index contributed by atoms with van der Waals surface area (Å²) >= 11 is 1.33. The van der Waals surface area contributed by atoms with E-state index in [9.17, 15) is 9.59 Å². The molecular formula is C15H23ClN4O2S. The smallest absolute Gasteiger partial charge is 0.238 e. The van der Waals surface area contributed by atoms with Crippen LogP contribution in [0.1, 0.15) is 6.92 Å². The van der Waals surface area contributed by atoms with Crippen LogP contribution in [0.2, 0.25) is 0 Å². The van der Waals surface area contributed by atoms with Gasteiger partial charge < -0.3 is 16.4 Å². The van der Waals surface area contributed by atoms with Crippen LogP contribution in [0.15, 0.2) is 29.2 Å². The number of piperazine rings is 1. The quantitative estimate of drug-likeness (QED) is 0.658. The first-order chi connectivity index (χ1) is 10.6. The third-order valence-electron chi connectivity index (χ3n) is 3.52. The van der Waals surface area contributed by atoms with Gasteiger partial charge in [-0.1, -0.05) is 12.1 Å². The molecule has 1 saturated heterocycles. The van der Waals surface area contributed by atoms with Gasteiger partial charge in [0.05, 0.1) is 18.0 Å². The molecule has 1 aliphatic heterocycles. The third-order valence-corrected chi connectivity index (χ3v) is 4.61. The van der Waals surface area contributed by atoms with Gasteiger partial charge in [-0.25, -0.2) is 0 Å². The number of benzene rings is 1. The van der Waals surface area contributed by atoms with Gasteiger partial charge in [0.15, 0.2) is 0 Å². The van der Waals surface area contributed by atoms with E-state index in [1.54, 1.807) is 0 Å². The zero-order valence-corrected chi connectivity index (χ0v) is 14.7. The first-order valence-corrected chi connectivity index (χ1v) is 8.29. The highest BCUT2D eigenvalue weighted by atomic mass is 35.5. The van der Waals surface area contributed by atoms with Crippen molar-refractivity contribution in [3.8, 4) is 0 Å².